The zero-order valence-electron chi connectivity index (χ0n) is 6.82. The molecule has 0 unspecified atom stereocenters. The second-order valence-corrected chi connectivity index (χ2v) is 3.57. The first kappa shape index (κ1) is 8.95. The summed E-state index contributed by atoms with van der Waals surface area (Å²) in [5.74, 6) is 5.38. The minimum Gasteiger partial charge on any atom is -0.334 e. The molecule has 0 aliphatic heterocycles. The van der Waals surface area contributed by atoms with Crippen molar-refractivity contribution in [2.24, 2.45) is 0 Å². The summed E-state index contributed by atoms with van der Waals surface area (Å²) < 4.78 is 1.42. The number of hydrogen-bond donors (Lipinski definition) is 2. The lowest BCUT2D eigenvalue weighted by Crippen LogP contribution is -2.40. The summed E-state index contributed by atoms with van der Waals surface area (Å²) in [5.41, 5.74) is -0.948. The molecule has 0 aliphatic rings. The number of aromatic nitrogens is 3. The molecule has 0 amide bonds. The van der Waals surface area contributed by atoms with Crippen LogP contribution >= 0.6 is 15.9 Å². The molecule has 2 aromatic rings. The van der Waals surface area contributed by atoms with Crippen molar-refractivity contribution in [1.29, 1.82) is 0 Å². The van der Waals surface area contributed by atoms with Crippen LogP contribution in [0.25, 0.3) is 11.2 Å². The second-order valence-electron chi connectivity index (χ2n) is 2.65. The molecule has 0 aliphatic carbocycles. The Bertz CT molecular complexity index is 615. The van der Waals surface area contributed by atoms with Crippen molar-refractivity contribution in [2.45, 2.75) is 0 Å². The molecule has 0 aromatic carbocycles. The molecule has 0 fully saturated rings. The van der Waals surface area contributed by atoms with Gasteiger partial charge in [-0.1, -0.05) is 0 Å². The highest BCUT2D eigenvalue weighted by atomic mass is 79.9. The minimum absolute atomic E-state index is 0.234. The zero-order valence-corrected chi connectivity index (χ0v) is 8.41. The van der Waals surface area contributed by atoms with Gasteiger partial charge >= 0.3 is 11.1 Å². The molecule has 3 N–H and O–H groups in total. The SMILES string of the molecule is Nn1c(=O)c(=O)[nH]c2cc(Br)cnc21. The lowest BCUT2D eigenvalue weighted by molar-refractivity contribution is 0.920. The molecule has 14 heavy (non-hydrogen) atoms. The van der Waals surface area contributed by atoms with Crippen molar-refractivity contribution in [3.8, 4) is 0 Å². The van der Waals surface area contributed by atoms with Crippen LogP contribution in [0.2, 0.25) is 0 Å². The van der Waals surface area contributed by atoms with Gasteiger partial charge in [-0.15, -0.1) is 0 Å². The predicted molar refractivity (Wildman–Crippen MR) is 54.5 cm³/mol. The van der Waals surface area contributed by atoms with Crippen molar-refractivity contribution in [3.05, 3.63) is 37.4 Å². The molecule has 6 nitrogen and oxygen atoms in total. The van der Waals surface area contributed by atoms with Gasteiger partial charge in [-0.3, -0.25) is 9.59 Å². The normalized spacial score (nSPS) is 10.6. The van der Waals surface area contributed by atoms with E-state index in [0.717, 1.165) is 4.68 Å². The third-order valence-electron chi connectivity index (χ3n) is 1.72. The van der Waals surface area contributed by atoms with Gasteiger partial charge in [-0.2, -0.15) is 0 Å². The number of nitrogens with one attached hydrogen (secondary N) is 1. The van der Waals surface area contributed by atoms with Crippen molar-refractivity contribution in [3.63, 3.8) is 0 Å². The zero-order chi connectivity index (χ0) is 10.3. The van der Waals surface area contributed by atoms with Crippen LogP contribution in [0.4, 0.5) is 0 Å². The van der Waals surface area contributed by atoms with E-state index < -0.39 is 11.1 Å². The van der Waals surface area contributed by atoms with Gasteiger partial charge in [-0.25, -0.2) is 9.66 Å². The Morgan fingerprint density at radius 2 is 2.21 bits per heavy atom. The molecule has 0 atom stereocenters. The van der Waals surface area contributed by atoms with Crippen LogP contribution in [-0.4, -0.2) is 14.6 Å². The quantitative estimate of drug-likeness (QED) is 0.494. The van der Waals surface area contributed by atoms with E-state index in [9.17, 15) is 9.59 Å². The Balaban J connectivity index is 3.06. The maximum atomic E-state index is 11.1. The Hall–Kier alpha value is -1.63. The van der Waals surface area contributed by atoms with E-state index in [2.05, 4.69) is 25.9 Å². The van der Waals surface area contributed by atoms with Gasteiger partial charge in [0.1, 0.15) is 0 Å². The van der Waals surface area contributed by atoms with E-state index in [1.54, 1.807) is 6.07 Å². The fourth-order valence-electron chi connectivity index (χ4n) is 1.10. The molecule has 2 aromatic heterocycles. The van der Waals surface area contributed by atoms with Gasteiger partial charge < -0.3 is 10.8 Å². The number of nitrogens with zero attached hydrogens (tertiary/aromatic N) is 2. The number of rotatable bonds is 0. The van der Waals surface area contributed by atoms with Crippen molar-refractivity contribution in [2.75, 3.05) is 5.84 Å². The van der Waals surface area contributed by atoms with E-state index in [-0.39, 0.29) is 5.65 Å². The van der Waals surface area contributed by atoms with Gasteiger partial charge in [0.25, 0.3) is 0 Å². The van der Waals surface area contributed by atoms with Crippen LogP contribution in [-0.2, 0) is 0 Å². The number of hydrogen-bond acceptors (Lipinski definition) is 4. The smallest absolute Gasteiger partial charge is 0.334 e. The van der Waals surface area contributed by atoms with Gasteiger partial charge in [-0.05, 0) is 22.0 Å². The third-order valence-corrected chi connectivity index (χ3v) is 2.16. The molecule has 0 bridgehead atoms. The van der Waals surface area contributed by atoms with Gasteiger partial charge in [0.05, 0.1) is 5.52 Å². The Morgan fingerprint density at radius 1 is 1.50 bits per heavy atom. The average molecular weight is 257 g/mol. The molecule has 0 spiro atoms. The van der Waals surface area contributed by atoms with Gasteiger partial charge in [0, 0.05) is 10.7 Å². The Morgan fingerprint density at radius 3 is 2.93 bits per heavy atom. The third kappa shape index (κ3) is 1.22. The maximum Gasteiger partial charge on any atom is 0.336 e. The summed E-state index contributed by atoms with van der Waals surface area (Å²) in [6.07, 6.45) is 1.49. The van der Waals surface area contributed by atoms with Gasteiger partial charge in [0.2, 0.25) is 0 Å². The van der Waals surface area contributed by atoms with Crippen LogP contribution in [0.15, 0.2) is 26.3 Å². The molecule has 0 radical (unpaired) electrons. The fraction of sp³-hybridized carbons (Fsp3) is 0. The van der Waals surface area contributed by atoms with Crippen molar-refractivity contribution in [1.82, 2.24) is 14.6 Å². The van der Waals surface area contributed by atoms with Crippen LogP contribution in [0.5, 0.6) is 0 Å². The molecule has 2 rings (SSSR count). The van der Waals surface area contributed by atoms with Crippen LogP contribution < -0.4 is 17.0 Å². The topological polar surface area (TPSA) is 93.8 Å². The van der Waals surface area contributed by atoms with Crippen molar-refractivity contribution >= 4 is 27.1 Å². The summed E-state index contributed by atoms with van der Waals surface area (Å²) in [5, 5.41) is 0. The molecule has 0 saturated carbocycles. The summed E-state index contributed by atoms with van der Waals surface area (Å²) in [7, 11) is 0. The molecular weight excluding hydrogens is 252 g/mol. The fourth-order valence-corrected chi connectivity index (χ4v) is 1.43. The monoisotopic (exact) mass is 256 g/mol. The first-order valence-electron chi connectivity index (χ1n) is 3.65. The number of nitrogen functional groups attached to an aromatic ring is 1. The average Bonchev–Trinajstić information content (AvgIpc) is 2.14. The summed E-state index contributed by atoms with van der Waals surface area (Å²) in [4.78, 5) is 28.4. The standard InChI is InChI=1S/C7H5BrN4O2/c8-3-1-4-5(10-2-3)12(9)7(14)6(13)11-4/h1-2H,9H2,(H,11,13). The number of fused-ring (bicyclic) bond motifs is 1. The molecule has 0 saturated heterocycles. The summed E-state index contributed by atoms with van der Waals surface area (Å²) in [6.45, 7) is 0. The number of aromatic amines is 1. The summed E-state index contributed by atoms with van der Waals surface area (Å²) in [6, 6.07) is 1.62. The molecular formula is C7H5BrN4O2. The van der Waals surface area contributed by atoms with E-state index in [4.69, 9.17) is 5.84 Å². The Kier molecular flexibility index (Phi) is 1.88. The largest absolute Gasteiger partial charge is 0.336 e. The molecule has 72 valence electrons. The highest BCUT2D eigenvalue weighted by molar-refractivity contribution is 9.10. The predicted octanol–water partition coefficient (Wildman–Crippen LogP) is -0.439. The number of nitrogens with two attached hydrogens (primary N) is 1. The number of H-pyrrole nitrogens is 1. The lowest BCUT2D eigenvalue weighted by Gasteiger charge is -2.01. The minimum atomic E-state index is -0.827. The molecule has 7 heteroatoms. The first-order valence-corrected chi connectivity index (χ1v) is 4.44. The molecule has 2 heterocycles. The van der Waals surface area contributed by atoms with Crippen LogP contribution in [0.3, 0.4) is 0 Å². The summed E-state index contributed by atoms with van der Waals surface area (Å²) >= 11 is 3.19. The highest BCUT2D eigenvalue weighted by Gasteiger charge is 2.05. The number of pyridine rings is 1. The van der Waals surface area contributed by atoms with Gasteiger partial charge in [0.15, 0.2) is 5.65 Å². The number of halogens is 1. The first-order chi connectivity index (χ1) is 6.59. The van der Waals surface area contributed by atoms with E-state index >= 15 is 0 Å². The second kappa shape index (κ2) is 2.95. The van der Waals surface area contributed by atoms with E-state index in [0.29, 0.717) is 9.99 Å². The lowest BCUT2D eigenvalue weighted by atomic mass is 10.4. The van der Waals surface area contributed by atoms with Crippen LogP contribution in [0.1, 0.15) is 0 Å². The van der Waals surface area contributed by atoms with Crippen molar-refractivity contribution < 1.29 is 0 Å². The van der Waals surface area contributed by atoms with Crippen LogP contribution in [0, 0.1) is 0 Å². The van der Waals surface area contributed by atoms with E-state index in [1.165, 1.54) is 6.20 Å². The maximum absolute atomic E-state index is 11.1. The van der Waals surface area contributed by atoms with E-state index in [1.807, 2.05) is 0 Å². The Labute approximate surface area is 85.5 Å². The highest BCUT2D eigenvalue weighted by Crippen LogP contribution is 2.11.